The minimum atomic E-state index is -4.97. The van der Waals surface area contributed by atoms with Crippen LogP contribution < -0.4 is 4.18 Å². The molecule has 9 nitrogen and oxygen atoms in total. The molecular formula is C25H20INO8S2. The van der Waals surface area contributed by atoms with Crippen LogP contribution in [0.1, 0.15) is 5.56 Å². The van der Waals surface area contributed by atoms with E-state index in [1.165, 1.54) is 12.1 Å². The predicted molar refractivity (Wildman–Crippen MR) is 142 cm³/mol. The van der Waals surface area contributed by atoms with Crippen LogP contribution in [0.5, 0.6) is 5.75 Å². The third kappa shape index (κ3) is 6.52. The fourth-order valence-corrected chi connectivity index (χ4v) is 8.42. The fourth-order valence-electron chi connectivity index (χ4n) is 3.10. The molecule has 0 amide bonds. The summed E-state index contributed by atoms with van der Waals surface area (Å²) in [6, 6.07) is 26.3. The molecule has 4 rings (SSSR count). The van der Waals surface area contributed by atoms with Gasteiger partial charge in [0.25, 0.3) is 0 Å². The summed E-state index contributed by atoms with van der Waals surface area (Å²) >= 11 is -2.92. The van der Waals surface area contributed by atoms with Crippen molar-refractivity contribution in [3.8, 4) is 5.75 Å². The molecular weight excluding hydrogens is 633 g/mol. The summed E-state index contributed by atoms with van der Waals surface area (Å²) in [5, 5.41) is 0. The van der Waals surface area contributed by atoms with Crippen molar-refractivity contribution in [2.75, 3.05) is 0 Å². The molecule has 192 valence electrons. The molecule has 4 aromatic rings. The van der Waals surface area contributed by atoms with Crippen LogP contribution in [-0.2, 0) is 23.4 Å². The van der Waals surface area contributed by atoms with Crippen LogP contribution in [0.15, 0.2) is 113 Å². The van der Waals surface area contributed by atoms with Crippen molar-refractivity contribution in [1.82, 2.24) is 0 Å². The normalized spacial score (nSPS) is 12.0. The molecule has 0 saturated carbocycles. The first-order valence-electron chi connectivity index (χ1n) is 10.6. The van der Waals surface area contributed by atoms with Gasteiger partial charge in [0.05, 0.1) is 0 Å². The van der Waals surface area contributed by atoms with Crippen LogP contribution in [0.3, 0.4) is 0 Å². The second-order valence-corrected chi connectivity index (χ2v) is 14.8. The Labute approximate surface area is 222 Å². The van der Waals surface area contributed by atoms with Gasteiger partial charge in [-0.05, 0) is 0 Å². The van der Waals surface area contributed by atoms with Crippen molar-refractivity contribution in [3.05, 3.63) is 121 Å². The van der Waals surface area contributed by atoms with Crippen LogP contribution in [0, 0.1) is 19.0 Å². The van der Waals surface area contributed by atoms with Gasteiger partial charge in [-0.2, -0.15) is 0 Å². The molecule has 37 heavy (non-hydrogen) atoms. The summed E-state index contributed by atoms with van der Waals surface area (Å²) in [7, 11) is -9.38. The van der Waals surface area contributed by atoms with E-state index in [0.717, 1.165) is 30.9 Å². The number of hydrogen-bond acceptors (Lipinski definition) is 8. The van der Waals surface area contributed by atoms with Crippen LogP contribution in [-0.4, -0.2) is 26.3 Å². The third-order valence-corrected chi connectivity index (χ3v) is 11.5. The second-order valence-electron chi connectivity index (χ2n) is 7.60. The Kier molecular flexibility index (Phi) is 7.92. The van der Waals surface area contributed by atoms with Crippen molar-refractivity contribution in [2.45, 2.75) is 16.7 Å². The summed E-state index contributed by atoms with van der Waals surface area (Å²) in [4.78, 5) is 12.4. The van der Waals surface area contributed by atoms with Crippen LogP contribution in [0.25, 0.3) is 0 Å². The Morgan fingerprint density at radius 2 is 1.24 bits per heavy atom. The van der Waals surface area contributed by atoms with Gasteiger partial charge >= 0.3 is 223 Å². The van der Waals surface area contributed by atoms with Crippen LogP contribution in [0.4, 0.5) is 5.69 Å². The second kappa shape index (κ2) is 11.0. The van der Waals surface area contributed by atoms with E-state index in [1.807, 2.05) is 12.1 Å². The number of rotatable bonds is 9. The number of nitrogens with zero attached hydrogens (tertiary/aromatic N) is 1. The molecule has 0 aliphatic rings. The van der Waals surface area contributed by atoms with Gasteiger partial charge in [0.2, 0.25) is 0 Å². The zero-order chi connectivity index (χ0) is 26.6. The molecule has 0 atom stereocenters. The average molecular weight is 653 g/mol. The van der Waals surface area contributed by atoms with E-state index in [-0.39, 0.29) is 9.82 Å². The number of hydrogen-bond donors (Lipinski definition) is 0. The van der Waals surface area contributed by atoms with E-state index in [1.54, 1.807) is 67.6 Å². The Morgan fingerprint density at radius 3 is 1.76 bits per heavy atom. The zero-order valence-electron chi connectivity index (χ0n) is 19.2. The maximum absolute atomic E-state index is 13.3. The molecule has 0 aliphatic heterocycles. The molecule has 0 radical (unpaired) electrons. The van der Waals surface area contributed by atoms with Gasteiger partial charge in [-0.3, -0.25) is 0 Å². The van der Waals surface area contributed by atoms with Gasteiger partial charge in [0.15, 0.2) is 0 Å². The van der Waals surface area contributed by atoms with E-state index in [4.69, 9.17) is 7.35 Å². The Bertz CT molecular complexity index is 1590. The van der Waals surface area contributed by atoms with Crippen molar-refractivity contribution in [3.63, 3.8) is 0 Å². The summed E-state index contributed by atoms with van der Waals surface area (Å²) in [6.45, 7) is 1.78. The van der Waals surface area contributed by atoms with Gasteiger partial charge in [0, 0.05) is 0 Å². The molecule has 4 aromatic carbocycles. The maximum atomic E-state index is 13.3. The number of aryl methyl sites for hydroxylation is 1. The third-order valence-electron chi connectivity index (χ3n) is 4.92. The standard InChI is InChI=1S/C25H20INO8S2/c1-19-12-14-22(15-13-19)37(32,33)34-25-17-16-23(36(29,30)31)18-24(25)27(28)35-26(20-8-4-2-5-9-20)21-10-6-3-7-11-21/h2-18H,1H3. The number of halogens is 1. The van der Waals surface area contributed by atoms with E-state index < -0.39 is 56.8 Å². The van der Waals surface area contributed by atoms with Crippen LogP contribution >= 0.6 is 20.2 Å². The van der Waals surface area contributed by atoms with E-state index in [2.05, 4.69) is 0 Å². The predicted octanol–water partition coefficient (Wildman–Crippen LogP) is 5.17. The average Bonchev–Trinajstić information content (AvgIpc) is 2.88. The van der Waals surface area contributed by atoms with Gasteiger partial charge < -0.3 is 0 Å². The molecule has 0 fully saturated rings. The molecule has 0 spiro atoms. The van der Waals surface area contributed by atoms with Crippen LogP contribution in [0.2, 0.25) is 0 Å². The van der Waals surface area contributed by atoms with Gasteiger partial charge in [-0.25, -0.2) is 0 Å². The van der Waals surface area contributed by atoms with E-state index in [9.17, 15) is 26.3 Å². The Balaban J connectivity index is 1.76. The topological polar surface area (TPSA) is 130 Å². The summed E-state index contributed by atoms with van der Waals surface area (Å²) in [5.41, 5.74) is 0.240. The van der Waals surface area contributed by atoms with Crippen molar-refractivity contribution < 1.29 is 33.7 Å². The quantitative estimate of drug-likeness (QED) is 0.105. The molecule has 0 aliphatic carbocycles. The number of benzene rings is 4. The Morgan fingerprint density at radius 1 is 0.730 bits per heavy atom. The van der Waals surface area contributed by atoms with Gasteiger partial charge in [0.1, 0.15) is 0 Å². The summed E-state index contributed by atoms with van der Waals surface area (Å²) in [6.07, 6.45) is 0. The summed E-state index contributed by atoms with van der Waals surface area (Å²) < 4.78 is 73.3. The molecule has 0 heterocycles. The van der Waals surface area contributed by atoms with Crippen molar-refractivity contribution in [2.24, 2.45) is 0 Å². The van der Waals surface area contributed by atoms with Gasteiger partial charge in [-0.1, -0.05) is 0 Å². The van der Waals surface area contributed by atoms with Crippen molar-refractivity contribution in [1.29, 1.82) is 0 Å². The van der Waals surface area contributed by atoms with E-state index >= 15 is 0 Å². The first-order valence-corrected chi connectivity index (χ1v) is 16.5. The minimum absolute atomic E-state index is 0.0134. The summed E-state index contributed by atoms with van der Waals surface area (Å²) in [5.74, 6) is -0.500. The molecule has 0 unspecified atom stereocenters. The zero-order valence-corrected chi connectivity index (χ0v) is 23.0. The first-order chi connectivity index (χ1) is 17.5. The molecule has 0 bridgehead atoms. The molecule has 12 heteroatoms. The monoisotopic (exact) mass is 653 g/mol. The SMILES string of the molecule is Cc1ccc(S(=O)(=O)Oc2ccc(S(=O)(=O)[O-])cc2[N+](=O)OI(c2ccccc2)c2ccccc2)cc1. The molecule has 0 aromatic heterocycles. The Hall–Kier alpha value is -3.33. The van der Waals surface area contributed by atoms with Gasteiger partial charge in [-0.15, -0.1) is 0 Å². The first kappa shape index (κ1) is 26.7. The molecule has 0 saturated heterocycles. The fraction of sp³-hybridized carbons (Fsp3) is 0.0400. The molecule has 0 N–H and O–H groups in total. The van der Waals surface area contributed by atoms with Crippen molar-refractivity contribution >= 4 is 46.2 Å². The van der Waals surface area contributed by atoms with E-state index in [0.29, 0.717) is 0 Å².